The second kappa shape index (κ2) is 5.90. The first-order valence-electron chi connectivity index (χ1n) is 6.91. The molecule has 1 unspecified atom stereocenters. The van der Waals surface area contributed by atoms with Crippen LogP contribution in [0.5, 0.6) is 0 Å². The lowest BCUT2D eigenvalue weighted by atomic mass is 10.1. The number of nitrogens with one attached hydrogen (secondary N) is 1. The van der Waals surface area contributed by atoms with E-state index in [1.54, 1.807) is 12.1 Å². The average Bonchev–Trinajstić information content (AvgIpc) is 2.92. The van der Waals surface area contributed by atoms with Crippen LogP contribution in [0.4, 0.5) is 5.69 Å². The standard InChI is InChI=1S/C17H16BrNO2/c1-21-17(20)11-5-7-12(8-6-11)19-16-10-9-13-14(16)3-2-4-15(13)18/h2-8,16,19H,9-10H2,1H3. The predicted octanol–water partition coefficient (Wildman–Crippen LogP) is 4.34. The minimum atomic E-state index is -0.309. The van der Waals surface area contributed by atoms with Crippen molar-refractivity contribution in [1.29, 1.82) is 0 Å². The molecule has 0 saturated carbocycles. The molecule has 0 aromatic heterocycles. The van der Waals surface area contributed by atoms with Gasteiger partial charge in [-0.3, -0.25) is 0 Å². The highest BCUT2D eigenvalue weighted by Crippen LogP contribution is 2.37. The maximum atomic E-state index is 11.4. The summed E-state index contributed by atoms with van der Waals surface area (Å²) in [5, 5.41) is 3.54. The summed E-state index contributed by atoms with van der Waals surface area (Å²) in [6, 6.07) is 14.1. The lowest BCUT2D eigenvalue weighted by Crippen LogP contribution is -2.07. The number of benzene rings is 2. The molecule has 1 atom stereocenters. The summed E-state index contributed by atoms with van der Waals surface area (Å²) >= 11 is 3.61. The molecule has 21 heavy (non-hydrogen) atoms. The number of carbonyl (C=O) groups is 1. The van der Waals surface area contributed by atoms with Crippen LogP contribution in [0.1, 0.15) is 33.9 Å². The summed E-state index contributed by atoms with van der Waals surface area (Å²) in [5.74, 6) is -0.309. The molecule has 1 aliphatic carbocycles. The number of esters is 1. The highest BCUT2D eigenvalue weighted by molar-refractivity contribution is 9.10. The quantitative estimate of drug-likeness (QED) is 0.841. The Bertz CT molecular complexity index is 667. The van der Waals surface area contributed by atoms with E-state index in [1.807, 2.05) is 12.1 Å². The summed E-state index contributed by atoms with van der Waals surface area (Å²) in [5.41, 5.74) is 4.32. The molecule has 3 nitrogen and oxygen atoms in total. The molecule has 2 aromatic rings. The fraction of sp³-hybridized carbons (Fsp3) is 0.235. The average molecular weight is 346 g/mol. The van der Waals surface area contributed by atoms with Crippen molar-refractivity contribution in [3.63, 3.8) is 0 Å². The molecule has 0 saturated heterocycles. The number of halogens is 1. The second-order valence-corrected chi connectivity index (χ2v) is 5.97. The molecule has 0 fully saturated rings. The van der Waals surface area contributed by atoms with E-state index >= 15 is 0 Å². The third-order valence-corrected chi connectivity index (χ3v) is 4.60. The van der Waals surface area contributed by atoms with Crippen LogP contribution >= 0.6 is 15.9 Å². The van der Waals surface area contributed by atoms with Crippen LogP contribution in [-0.2, 0) is 11.2 Å². The molecule has 3 rings (SSSR count). The number of fused-ring (bicyclic) bond motifs is 1. The molecule has 0 amide bonds. The minimum absolute atomic E-state index is 0.309. The Kier molecular flexibility index (Phi) is 3.97. The zero-order valence-electron chi connectivity index (χ0n) is 11.7. The topological polar surface area (TPSA) is 38.3 Å². The highest BCUT2D eigenvalue weighted by Gasteiger charge is 2.23. The zero-order chi connectivity index (χ0) is 14.8. The Morgan fingerprint density at radius 3 is 2.71 bits per heavy atom. The van der Waals surface area contributed by atoms with E-state index in [2.05, 4.69) is 39.4 Å². The molecule has 108 valence electrons. The Morgan fingerprint density at radius 1 is 1.24 bits per heavy atom. The van der Waals surface area contributed by atoms with Gasteiger partial charge in [-0.1, -0.05) is 28.1 Å². The van der Waals surface area contributed by atoms with Crippen molar-refractivity contribution < 1.29 is 9.53 Å². The van der Waals surface area contributed by atoms with Gasteiger partial charge in [0.25, 0.3) is 0 Å². The molecule has 1 aliphatic rings. The summed E-state index contributed by atoms with van der Waals surface area (Å²) in [6.07, 6.45) is 2.16. The summed E-state index contributed by atoms with van der Waals surface area (Å²) in [7, 11) is 1.39. The molecule has 0 bridgehead atoms. The van der Waals surface area contributed by atoms with Gasteiger partial charge in [-0.05, 0) is 54.3 Å². The second-order valence-electron chi connectivity index (χ2n) is 5.11. The van der Waals surface area contributed by atoms with E-state index in [4.69, 9.17) is 4.74 Å². The van der Waals surface area contributed by atoms with Crippen molar-refractivity contribution in [1.82, 2.24) is 0 Å². The third kappa shape index (κ3) is 2.81. The Balaban J connectivity index is 1.77. The molecule has 0 heterocycles. The van der Waals surface area contributed by atoms with Gasteiger partial charge in [0.2, 0.25) is 0 Å². The van der Waals surface area contributed by atoms with Gasteiger partial charge in [-0.15, -0.1) is 0 Å². The highest BCUT2D eigenvalue weighted by atomic mass is 79.9. The van der Waals surface area contributed by atoms with Gasteiger partial charge < -0.3 is 10.1 Å². The fourth-order valence-electron chi connectivity index (χ4n) is 2.78. The Labute approximate surface area is 132 Å². The van der Waals surface area contributed by atoms with Crippen LogP contribution in [0.25, 0.3) is 0 Å². The zero-order valence-corrected chi connectivity index (χ0v) is 13.3. The van der Waals surface area contributed by atoms with Gasteiger partial charge in [0.15, 0.2) is 0 Å². The molecule has 0 radical (unpaired) electrons. The molecular weight excluding hydrogens is 330 g/mol. The predicted molar refractivity (Wildman–Crippen MR) is 86.6 cm³/mol. The maximum Gasteiger partial charge on any atom is 0.337 e. The van der Waals surface area contributed by atoms with Crippen molar-refractivity contribution in [2.75, 3.05) is 12.4 Å². The van der Waals surface area contributed by atoms with E-state index in [0.717, 1.165) is 18.5 Å². The van der Waals surface area contributed by atoms with Crippen molar-refractivity contribution >= 4 is 27.6 Å². The SMILES string of the molecule is COC(=O)c1ccc(NC2CCc3c(Br)cccc32)cc1. The number of anilines is 1. The Morgan fingerprint density at radius 2 is 2.00 bits per heavy atom. The number of carbonyl (C=O) groups excluding carboxylic acids is 1. The molecule has 4 heteroatoms. The van der Waals surface area contributed by atoms with E-state index in [9.17, 15) is 4.79 Å². The van der Waals surface area contributed by atoms with Crippen LogP contribution in [0.2, 0.25) is 0 Å². The van der Waals surface area contributed by atoms with Gasteiger partial charge in [-0.25, -0.2) is 4.79 Å². The van der Waals surface area contributed by atoms with Gasteiger partial charge in [-0.2, -0.15) is 0 Å². The molecule has 1 N–H and O–H groups in total. The van der Waals surface area contributed by atoms with E-state index < -0.39 is 0 Å². The number of ether oxygens (including phenoxy) is 1. The van der Waals surface area contributed by atoms with Gasteiger partial charge >= 0.3 is 5.97 Å². The van der Waals surface area contributed by atoms with Crippen molar-refractivity contribution in [3.05, 3.63) is 63.6 Å². The fourth-order valence-corrected chi connectivity index (χ4v) is 3.36. The van der Waals surface area contributed by atoms with E-state index in [1.165, 1.54) is 22.7 Å². The first-order valence-corrected chi connectivity index (χ1v) is 7.70. The first kappa shape index (κ1) is 14.1. The lowest BCUT2D eigenvalue weighted by molar-refractivity contribution is 0.0601. The molecule has 0 aliphatic heterocycles. The molecule has 0 spiro atoms. The lowest BCUT2D eigenvalue weighted by Gasteiger charge is -2.16. The van der Waals surface area contributed by atoms with E-state index in [0.29, 0.717) is 11.6 Å². The third-order valence-electron chi connectivity index (χ3n) is 3.86. The van der Waals surface area contributed by atoms with E-state index in [-0.39, 0.29) is 5.97 Å². The smallest absolute Gasteiger partial charge is 0.337 e. The largest absolute Gasteiger partial charge is 0.465 e. The number of hydrogen-bond donors (Lipinski definition) is 1. The van der Waals surface area contributed by atoms with Crippen LogP contribution in [0.3, 0.4) is 0 Å². The summed E-state index contributed by atoms with van der Waals surface area (Å²) < 4.78 is 5.89. The maximum absolute atomic E-state index is 11.4. The number of hydrogen-bond acceptors (Lipinski definition) is 3. The number of methoxy groups -OCH3 is 1. The molecule has 2 aromatic carbocycles. The van der Waals surface area contributed by atoms with Crippen molar-refractivity contribution in [3.8, 4) is 0 Å². The van der Waals surface area contributed by atoms with Gasteiger partial charge in [0.05, 0.1) is 18.7 Å². The van der Waals surface area contributed by atoms with Crippen LogP contribution in [0, 0.1) is 0 Å². The van der Waals surface area contributed by atoms with Gasteiger partial charge in [0, 0.05) is 10.2 Å². The van der Waals surface area contributed by atoms with Crippen LogP contribution in [-0.4, -0.2) is 13.1 Å². The summed E-state index contributed by atoms with van der Waals surface area (Å²) in [4.78, 5) is 11.4. The first-order chi connectivity index (χ1) is 10.2. The molecular formula is C17H16BrNO2. The number of rotatable bonds is 3. The van der Waals surface area contributed by atoms with Crippen LogP contribution < -0.4 is 5.32 Å². The normalized spacial score (nSPS) is 16.4. The van der Waals surface area contributed by atoms with Crippen molar-refractivity contribution in [2.24, 2.45) is 0 Å². The van der Waals surface area contributed by atoms with Crippen LogP contribution in [0.15, 0.2) is 46.9 Å². The monoisotopic (exact) mass is 345 g/mol. The minimum Gasteiger partial charge on any atom is -0.465 e. The van der Waals surface area contributed by atoms with Crippen molar-refractivity contribution in [2.45, 2.75) is 18.9 Å². The Hall–Kier alpha value is -1.81. The van der Waals surface area contributed by atoms with Gasteiger partial charge in [0.1, 0.15) is 0 Å². The summed E-state index contributed by atoms with van der Waals surface area (Å²) in [6.45, 7) is 0.